The van der Waals surface area contributed by atoms with E-state index in [1.54, 1.807) is 30.3 Å². The molecule has 0 fully saturated rings. The zero-order valence-electron chi connectivity index (χ0n) is 12.7. The maximum Gasteiger partial charge on any atom is 0.363 e. The molecule has 0 spiro atoms. The third kappa shape index (κ3) is 2.80. The minimum Gasteiger partial charge on any atom is -0.454 e. The van der Waals surface area contributed by atoms with Crippen LogP contribution in [0.2, 0.25) is 0 Å². The molecule has 0 saturated carbocycles. The second-order valence-corrected chi connectivity index (χ2v) is 5.26. The van der Waals surface area contributed by atoms with Gasteiger partial charge in [-0.25, -0.2) is 9.79 Å². The quantitative estimate of drug-likeness (QED) is 0.369. The molecular formula is C17H10N2O6. The number of aliphatic imine (C=N–C) groups is 1. The molecule has 2 aliphatic rings. The van der Waals surface area contributed by atoms with Crippen molar-refractivity contribution in [2.24, 2.45) is 4.99 Å². The summed E-state index contributed by atoms with van der Waals surface area (Å²) < 4.78 is 15.6. The van der Waals surface area contributed by atoms with E-state index in [-0.39, 0.29) is 24.1 Å². The molecule has 2 aliphatic heterocycles. The van der Waals surface area contributed by atoms with Gasteiger partial charge in [-0.05, 0) is 29.8 Å². The first-order valence-corrected chi connectivity index (χ1v) is 7.27. The van der Waals surface area contributed by atoms with Crippen LogP contribution in [0.3, 0.4) is 0 Å². The number of carbonyl (C=O) groups is 1. The van der Waals surface area contributed by atoms with E-state index in [2.05, 4.69) is 4.99 Å². The van der Waals surface area contributed by atoms with Crippen LogP contribution in [-0.4, -0.2) is 23.6 Å². The lowest BCUT2D eigenvalue weighted by Gasteiger charge is -1.98. The molecule has 0 N–H and O–H groups in total. The van der Waals surface area contributed by atoms with Crippen LogP contribution in [0.5, 0.6) is 11.5 Å². The zero-order valence-corrected chi connectivity index (χ0v) is 12.7. The number of non-ortho nitro benzene ring substituents is 1. The van der Waals surface area contributed by atoms with Crippen molar-refractivity contribution in [1.29, 1.82) is 0 Å². The first-order valence-electron chi connectivity index (χ1n) is 7.27. The molecule has 0 aliphatic carbocycles. The molecule has 0 radical (unpaired) electrons. The average molecular weight is 338 g/mol. The van der Waals surface area contributed by atoms with Crippen molar-refractivity contribution in [3.05, 3.63) is 69.4 Å². The van der Waals surface area contributed by atoms with Gasteiger partial charge in [0.25, 0.3) is 5.69 Å². The summed E-state index contributed by atoms with van der Waals surface area (Å²) in [7, 11) is 0. The summed E-state index contributed by atoms with van der Waals surface area (Å²) in [4.78, 5) is 26.5. The first kappa shape index (κ1) is 14.9. The summed E-state index contributed by atoms with van der Waals surface area (Å²) >= 11 is 0. The third-order valence-electron chi connectivity index (χ3n) is 3.62. The Kier molecular flexibility index (Phi) is 3.42. The number of ether oxygens (including phenoxy) is 3. The lowest BCUT2D eigenvalue weighted by Crippen LogP contribution is -2.05. The molecule has 8 nitrogen and oxygen atoms in total. The van der Waals surface area contributed by atoms with Crippen LogP contribution >= 0.6 is 0 Å². The van der Waals surface area contributed by atoms with Crippen LogP contribution in [0.15, 0.2) is 53.2 Å². The van der Waals surface area contributed by atoms with Gasteiger partial charge in [-0.3, -0.25) is 10.1 Å². The molecule has 0 unspecified atom stereocenters. The maximum absolute atomic E-state index is 12.0. The second kappa shape index (κ2) is 5.75. The summed E-state index contributed by atoms with van der Waals surface area (Å²) in [6, 6.07) is 11.0. The Hall–Kier alpha value is -3.68. The highest BCUT2D eigenvalue weighted by Crippen LogP contribution is 2.33. The minimum atomic E-state index is -0.626. The molecule has 4 rings (SSSR count). The molecule has 0 aromatic heterocycles. The summed E-state index contributed by atoms with van der Waals surface area (Å²) in [5.74, 6) is 0.625. The first-order chi connectivity index (χ1) is 12.1. The fourth-order valence-electron chi connectivity index (χ4n) is 2.45. The topological polar surface area (TPSA) is 100 Å². The number of nitro benzene ring substituents is 1. The van der Waals surface area contributed by atoms with Gasteiger partial charge in [0.2, 0.25) is 12.7 Å². The minimum absolute atomic E-state index is 0.0284. The van der Waals surface area contributed by atoms with Crippen LogP contribution in [0.25, 0.3) is 6.08 Å². The van der Waals surface area contributed by atoms with Crippen molar-refractivity contribution in [2.75, 3.05) is 6.79 Å². The lowest BCUT2D eigenvalue weighted by atomic mass is 10.1. The van der Waals surface area contributed by atoms with Crippen LogP contribution in [0.1, 0.15) is 11.1 Å². The van der Waals surface area contributed by atoms with Crippen molar-refractivity contribution < 1.29 is 23.9 Å². The number of carbonyl (C=O) groups excluding carboxylic acids is 1. The van der Waals surface area contributed by atoms with Gasteiger partial charge in [0.1, 0.15) is 0 Å². The molecule has 0 saturated heterocycles. The number of cyclic esters (lactones) is 1. The third-order valence-corrected chi connectivity index (χ3v) is 3.62. The summed E-state index contributed by atoms with van der Waals surface area (Å²) in [5, 5.41) is 10.9. The Morgan fingerprint density at radius 3 is 2.80 bits per heavy atom. The van der Waals surface area contributed by atoms with Gasteiger partial charge in [0.05, 0.1) is 4.92 Å². The smallest absolute Gasteiger partial charge is 0.363 e. The number of hydrogen-bond donors (Lipinski definition) is 0. The number of hydrogen-bond acceptors (Lipinski definition) is 7. The fourth-order valence-corrected chi connectivity index (χ4v) is 2.45. The number of nitrogens with zero attached hydrogens (tertiary/aromatic N) is 2. The summed E-state index contributed by atoms with van der Waals surface area (Å²) in [6.07, 6.45) is 1.55. The van der Waals surface area contributed by atoms with E-state index < -0.39 is 10.9 Å². The van der Waals surface area contributed by atoms with E-state index in [4.69, 9.17) is 14.2 Å². The SMILES string of the molecule is O=C1OC(c2cccc([N+](=O)[O-])c2)=N/C1=C/c1ccc2c(c1)OCO2. The summed E-state index contributed by atoms with van der Waals surface area (Å²) in [5.41, 5.74) is 1.04. The number of benzene rings is 2. The number of esters is 1. The van der Waals surface area contributed by atoms with Gasteiger partial charge in [-0.15, -0.1) is 0 Å². The number of rotatable bonds is 3. The standard InChI is InChI=1S/C17H10N2O6/c20-17-13(6-10-4-5-14-15(7-10)24-9-23-14)18-16(25-17)11-2-1-3-12(8-11)19(21)22/h1-8H,9H2/b13-6+. The van der Waals surface area contributed by atoms with Gasteiger partial charge < -0.3 is 14.2 Å². The van der Waals surface area contributed by atoms with Crippen LogP contribution < -0.4 is 9.47 Å². The molecular weight excluding hydrogens is 328 g/mol. The monoisotopic (exact) mass is 338 g/mol. The van der Waals surface area contributed by atoms with Gasteiger partial charge in [-0.1, -0.05) is 12.1 Å². The molecule has 2 aromatic rings. The van der Waals surface area contributed by atoms with E-state index in [9.17, 15) is 14.9 Å². The molecule has 0 amide bonds. The Bertz CT molecular complexity index is 963. The molecule has 25 heavy (non-hydrogen) atoms. The molecule has 124 valence electrons. The fraction of sp³-hybridized carbons (Fsp3) is 0.0588. The largest absolute Gasteiger partial charge is 0.454 e. The van der Waals surface area contributed by atoms with Crippen molar-refractivity contribution in [3.8, 4) is 11.5 Å². The van der Waals surface area contributed by atoms with Crippen molar-refractivity contribution in [3.63, 3.8) is 0 Å². The van der Waals surface area contributed by atoms with Crippen molar-refractivity contribution >= 4 is 23.6 Å². The highest BCUT2D eigenvalue weighted by atomic mass is 16.7. The van der Waals surface area contributed by atoms with E-state index in [1.165, 1.54) is 18.2 Å². The number of fused-ring (bicyclic) bond motifs is 1. The van der Waals surface area contributed by atoms with Gasteiger partial charge in [0, 0.05) is 17.7 Å². The predicted molar refractivity (Wildman–Crippen MR) is 86.3 cm³/mol. The zero-order chi connectivity index (χ0) is 17.4. The molecule has 2 heterocycles. The Labute approximate surface area is 141 Å². The summed E-state index contributed by atoms with van der Waals surface area (Å²) in [6.45, 7) is 0.159. The average Bonchev–Trinajstić information content (AvgIpc) is 3.21. The second-order valence-electron chi connectivity index (χ2n) is 5.26. The van der Waals surface area contributed by atoms with Crippen molar-refractivity contribution in [1.82, 2.24) is 0 Å². The lowest BCUT2D eigenvalue weighted by molar-refractivity contribution is -0.384. The van der Waals surface area contributed by atoms with E-state index in [1.807, 2.05) is 0 Å². The maximum atomic E-state index is 12.0. The molecule has 8 heteroatoms. The van der Waals surface area contributed by atoms with Gasteiger partial charge in [-0.2, -0.15) is 0 Å². The molecule has 0 atom stereocenters. The van der Waals surface area contributed by atoms with Crippen LogP contribution in [0, 0.1) is 10.1 Å². The predicted octanol–water partition coefficient (Wildman–Crippen LogP) is 2.67. The number of nitro groups is 1. The van der Waals surface area contributed by atoms with Crippen LogP contribution in [-0.2, 0) is 9.53 Å². The Morgan fingerprint density at radius 2 is 1.96 bits per heavy atom. The van der Waals surface area contributed by atoms with Crippen LogP contribution in [0.4, 0.5) is 5.69 Å². The molecule has 0 bridgehead atoms. The van der Waals surface area contributed by atoms with Gasteiger partial charge in [0.15, 0.2) is 17.2 Å². The Balaban J connectivity index is 1.66. The van der Waals surface area contributed by atoms with Gasteiger partial charge >= 0.3 is 5.97 Å². The van der Waals surface area contributed by atoms with E-state index in [0.717, 1.165) is 0 Å². The van der Waals surface area contributed by atoms with E-state index >= 15 is 0 Å². The van der Waals surface area contributed by atoms with Crippen molar-refractivity contribution in [2.45, 2.75) is 0 Å². The molecule has 2 aromatic carbocycles. The highest BCUT2D eigenvalue weighted by Gasteiger charge is 2.25. The normalized spacial score (nSPS) is 16.7. The Morgan fingerprint density at radius 1 is 1.12 bits per heavy atom. The highest BCUT2D eigenvalue weighted by molar-refractivity contribution is 6.13. The van der Waals surface area contributed by atoms with E-state index in [0.29, 0.717) is 22.6 Å².